The standard InChI is InChI=1S/C25H21BrFNO5/c1-30-23-13-16(12-19(26)25(23)33-15-17-4-2-3-5-20(17)27)6-9-24(29)28-18-7-8-21-22(14-18)32-11-10-31-21/h2-9,12-14H,10-11,15H2,1H3,(H,28,29)/b9-6+. The fraction of sp³-hybridized carbons (Fsp3) is 0.160. The van der Waals surface area contributed by atoms with Crippen molar-refractivity contribution in [3.63, 3.8) is 0 Å². The van der Waals surface area contributed by atoms with Crippen LogP contribution in [0.15, 0.2) is 65.1 Å². The molecule has 3 aromatic carbocycles. The first-order valence-electron chi connectivity index (χ1n) is 10.2. The predicted molar refractivity (Wildman–Crippen MR) is 127 cm³/mol. The average molecular weight is 514 g/mol. The maximum absolute atomic E-state index is 13.9. The molecule has 1 amide bonds. The van der Waals surface area contributed by atoms with Crippen molar-refractivity contribution in [1.82, 2.24) is 0 Å². The van der Waals surface area contributed by atoms with Crippen LogP contribution < -0.4 is 24.3 Å². The number of halogens is 2. The molecule has 0 saturated carbocycles. The molecule has 4 rings (SSSR count). The summed E-state index contributed by atoms with van der Waals surface area (Å²) in [5.41, 5.74) is 1.75. The molecule has 0 aliphatic carbocycles. The Balaban J connectivity index is 1.43. The van der Waals surface area contributed by atoms with Crippen molar-refractivity contribution >= 4 is 33.6 Å². The Morgan fingerprint density at radius 2 is 1.91 bits per heavy atom. The van der Waals surface area contributed by atoms with E-state index in [0.29, 0.717) is 57.5 Å². The van der Waals surface area contributed by atoms with Crippen molar-refractivity contribution in [3.8, 4) is 23.0 Å². The summed E-state index contributed by atoms with van der Waals surface area (Å²) in [7, 11) is 1.51. The van der Waals surface area contributed by atoms with Gasteiger partial charge in [0.05, 0.1) is 11.6 Å². The van der Waals surface area contributed by atoms with Crippen LogP contribution in [-0.2, 0) is 11.4 Å². The summed E-state index contributed by atoms with van der Waals surface area (Å²) >= 11 is 3.47. The number of ether oxygens (including phenoxy) is 4. The van der Waals surface area contributed by atoms with Crippen molar-refractivity contribution in [1.29, 1.82) is 0 Å². The number of rotatable bonds is 7. The van der Waals surface area contributed by atoms with E-state index >= 15 is 0 Å². The Labute approximate surface area is 199 Å². The summed E-state index contributed by atoms with van der Waals surface area (Å²) in [5.74, 6) is 1.51. The number of methoxy groups -OCH3 is 1. The van der Waals surface area contributed by atoms with E-state index in [0.717, 1.165) is 0 Å². The number of hydrogen-bond donors (Lipinski definition) is 1. The van der Waals surface area contributed by atoms with Crippen LogP contribution in [0, 0.1) is 5.82 Å². The molecule has 1 aliphatic rings. The van der Waals surface area contributed by atoms with Crippen LogP contribution in [0.3, 0.4) is 0 Å². The van der Waals surface area contributed by atoms with Crippen molar-refractivity contribution in [2.75, 3.05) is 25.6 Å². The van der Waals surface area contributed by atoms with Crippen LogP contribution in [0.25, 0.3) is 6.08 Å². The Morgan fingerprint density at radius 1 is 1.12 bits per heavy atom. The minimum absolute atomic E-state index is 0.0504. The minimum atomic E-state index is -0.337. The molecule has 0 fully saturated rings. The highest BCUT2D eigenvalue weighted by atomic mass is 79.9. The maximum Gasteiger partial charge on any atom is 0.248 e. The third-order valence-electron chi connectivity index (χ3n) is 4.82. The molecule has 0 saturated heterocycles. The van der Waals surface area contributed by atoms with Crippen LogP contribution in [0.2, 0.25) is 0 Å². The third kappa shape index (κ3) is 5.64. The zero-order valence-electron chi connectivity index (χ0n) is 17.8. The number of fused-ring (bicyclic) bond motifs is 1. The highest BCUT2D eigenvalue weighted by molar-refractivity contribution is 9.10. The first-order chi connectivity index (χ1) is 16.0. The van der Waals surface area contributed by atoms with Crippen LogP contribution in [-0.4, -0.2) is 26.2 Å². The van der Waals surface area contributed by atoms with Crippen molar-refractivity contribution in [2.24, 2.45) is 0 Å². The van der Waals surface area contributed by atoms with Crippen molar-refractivity contribution in [2.45, 2.75) is 6.61 Å². The summed E-state index contributed by atoms with van der Waals surface area (Å²) in [4.78, 5) is 12.4. The monoisotopic (exact) mass is 513 g/mol. The zero-order chi connectivity index (χ0) is 23.2. The van der Waals surface area contributed by atoms with Gasteiger partial charge in [-0.05, 0) is 57.9 Å². The Kier molecular flexibility index (Phi) is 7.14. The van der Waals surface area contributed by atoms with E-state index in [2.05, 4.69) is 21.2 Å². The first kappa shape index (κ1) is 22.7. The van der Waals surface area contributed by atoms with E-state index in [9.17, 15) is 9.18 Å². The lowest BCUT2D eigenvalue weighted by atomic mass is 10.1. The number of nitrogens with one attached hydrogen (secondary N) is 1. The fourth-order valence-electron chi connectivity index (χ4n) is 3.22. The van der Waals surface area contributed by atoms with Gasteiger partial charge in [0.1, 0.15) is 25.6 Å². The minimum Gasteiger partial charge on any atom is -0.493 e. The second kappa shape index (κ2) is 10.4. The summed E-state index contributed by atoms with van der Waals surface area (Å²) in [6.07, 6.45) is 3.07. The van der Waals surface area contributed by atoms with E-state index in [1.54, 1.807) is 54.6 Å². The Bertz CT molecular complexity index is 1200. The molecule has 1 heterocycles. The molecule has 0 radical (unpaired) electrons. The molecule has 3 aromatic rings. The summed E-state index contributed by atoms with van der Waals surface area (Å²) in [5, 5.41) is 2.80. The molecule has 6 nitrogen and oxygen atoms in total. The average Bonchev–Trinajstić information content (AvgIpc) is 2.82. The number of hydrogen-bond acceptors (Lipinski definition) is 5. The maximum atomic E-state index is 13.9. The van der Waals surface area contributed by atoms with Gasteiger partial charge in [0.15, 0.2) is 23.0 Å². The van der Waals surface area contributed by atoms with Gasteiger partial charge in [-0.25, -0.2) is 4.39 Å². The van der Waals surface area contributed by atoms with Gasteiger partial charge in [0.2, 0.25) is 5.91 Å². The largest absolute Gasteiger partial charge is 0.493 e. The molecule has 33 heavy (non-hydrogen) atoms. The molecule has 1 aliphatic heterocycles. The lowest BCUT2D eigenvalue weighted by Gasteiger charge is -2.18. The lowest BCUT2D eigenvalue weighted by Crippen LogP contribution is -2.16. The van der Waals surface area contributed by atoms with Gasteiger partial charge in [0, 0.05) is 23.4 Å². The SMILES string of the molecule is COc1cc(/C=C/C(=O)Nc2ccc3c(c2)OCCO3)cc(Br)c1OCc1ccccc1F. The molecule has 170 valence electrons. The van der Waals surface area contributed by atoms with Crippen LogP contribution in [0.5, 0.6) is 23.0 Å². The first-order valence-corrected chi connectivity index (χ1v) is 11.0. The number of carbonyl (C=O) groups is 1. The molecule has 8 heteroatoms. The van der Waals surface area contributed by atoms with Gasteiger partial charge >= 0.3 is 0 Å². The lowest BCUT2D eigenvalue weighted by molar-refractivity contribution is -0.111. The number of anilines is 1. The predicted octanol–water partition coefficient (Wildman–Crippen LogP) is 5.60. The quantitative estimate of drug-likeness (QED) is 0.416. The highest BCUT2D eigenvalue weighted by Gasteiger charge is 2.14. The van der Waals surface area contributed by atoms with E-state index in [1.165, 1.54) is 19.3 Å². The smallest absolute Gasteiger partial charge is 0.248 e. The third-order valence-corrected chi connectivity index (χ3v) is 5.41. The van der Waals surface area contributed by atoms with Gasteiger partial charge in [-0.3, -0.25) is 4.79 Å². The van der Waals surface area contributed by atoms with Crippen LogP contribution in [0.4, 0.5) is 10.1 Å². The summed E-state index contributed by atoms with van der Waals surface area (Å²) in [6.45, 7) is 1.03. The number of carbonyl (C=O) groups excluding carboxylic acids is 1. The van der Waals surface area contributed by atoms with Crippen molar-refractivity contribution < 1.29 is 28.1 Å². The molecule has 0 unspecified atom stereocenters. The zero-order valence-corrected chi connectivity index (χ0v) is 19.4. The van der Waals surface area contributed by atoms with E-state index in [1.807, 2.05) is 0 Å². The van der Waals surface area contributed by atoms with E-state index in [-0.39, 0.29) is 18.3 Å². The van der Waals surface area contributed by atoms with Gasteiger partial charge < -0.3 is 24.3 Å². The second-order valence-electron chi connectivity index (χ2n) is 7.10. The Hall–Kier alpha value is -3.52. The van der Waals surface area contributed by atoms with Crippen molar-refractivity contribution in [3.05, 3.63) is 82.1 Å². The van der Waals surface area contributed by atoms with E-state index in [4.69, 9.17) is 18.9 Å². The van der Waals surface area contributed by atoms with Crippen LogP contribution in [0.1, 0.15) is 11.1 Å². The second-order valence-corrected chi connectivity index (χ2v) is 7.95. The molecule has 0 aromatic heterocycles. The number of amides is 1. The molecular weight excluding hydrogens is 493 g/mol. The molecular formula is C25H21BrFNO5. The van der Waals surface area contributed by atoms with Gasteiger partial charge in [-0.15, -0.1) is 0 Å². The topological polar surface area (TPSA) is 66.0 Å². The normalized spacial score (nSPS) is 12.5. The summed E-state index contributed by atoms with van der Waals surface area (Å²) < 4.78 is 36.7. The highest BCUT2D eigenvalue weighted by Crippen LogP contribution is 2.38. The van der Waals surface area contributed by atoms with E-state index < -0.39 is 0 Å². The molecule has 0 bridgehead atoms. The van der Waals surface area contributed by atoms with Gasteiger partial charge in [-0.2, -0.15) is 0 Å². The molecule has 0 spiro atoms. The van der Waals surface area contributed by atoms with Crippen LogP contribution >= 0.6 is 15.9 Å². The molecule has 0 atom stereocenters. The number of benzene rings is 3. The van der Waals surface area contributed by atoms with Gasteiger partial charge in [-0.1, -0.05) is 18.2 Å². The fourth-order valence-corrected chi connectivity index (χ4v) is 3.79. The summed E-state index contributed by atoms with van der Waals surface area (Å²) in [6, 6.07) is 15.2. The molecule has 1 N–H and O–H groups in total. The van der Waals surface area contributed by atoms with Gasteiger partial charge in [0.25, 0.3) is 0 Å². The Morgan fingerprint density at radius 3 is 2.70 bits per heavy atom.